The van der Waals surface area contributed by atoms with Crippen LogP contribution in [0.25, 0.3) is 0 Å². The van der Waals surface area contributed by atoms with Crippen LogP contribution in [0.5, 0.6) is 5.75 Å². The number of hydrogen-bond acceptors (Lipinski definition) is 5. The Kier molecular flexibility index (Phi) is 6.82. The molecule has 1 aliphatic heterocycles. The first-order chi connectivity index (χ1) is 14.6. The Morgan fingerprint density at radius 3 is 2.63 bits per heavy atom. The Labute approximate surface area is 193 Å². The van der Waals surface area contributed by atoms with Gasteiger partial charge >= 0.3 is 0 Å². The van der Waals surface area contributed by atoms with Crippen molar-refractivity contribution in [1.29, 1.82) is 0 Å². The highest BCUT2D eigenvalue weighted by molar-refractivity contribution is 9.10. The molecule has 0 N–H and O–H groups in total. The molecule has 1 saturated heterocycles. The maximum absolute atomic E-state index is 13.0. The lowest BCUT2D eigenvalue weighted by molar-refractivity contribution is -0.126. The van der Waals surface area contributed by atoms with Crippen LogP contribution in [0.1, 0.15) is 16.7 Å². The minimum Gasteiger partial charge on any atom is -0.489 e. The summed E-state index contributed by atoms with van der Waals surface area (Å²) in [7, 11) is 0. The molecule has 0 spiro atoms. The molecular weight excluding hydrogens is 480 g/mol. The minimum atomic E-state index is -0.244. The highest BCUT2D eigenvalue weighted by Crippen LogP contribution is 2.33. The molecule has 4 nitrogen and oxygen atoms in total. The van der Waals surface area contributed by atoms with Gasteiger partial charge in [-0.05, 0) is 47.4 Å². The van der Waals surface area contributed by atoms with E-state index in [1.165, 1.54) is 11.8 Å². The highest BCUT2D eigenvalue weighted by atomic mass is 79.9. The van der Waals surface area contributed by atoms with Crippen LogP contribution in [0.3, 0.4) is 0 Å². The maximum atomic E-state index is 13.0. The average Bonchev–Trinajstić information content (AvgIpc) is 3.02. The van der Waals surface area contributed by atoms with Crippen molar-refractivity contribution in [2.45, 2.75) is 24.8 Å². The van der Waals surface area contributed by atoms with E-state index in [1.807, 2.05) is 60.7 Å². The van der Waals surface area contributed by atoms with Crippen molar-refractivity contribution >= 4 is 50.1 Å². The van der Waals surface area contributed by atoms with Crippen LogP contribution in [0.2, 0.25) is 0 Å². The number of amides is 1. The summed E-state index contributed by atoms with van der Waals surface area (Å²) in [5, 5.41) is -0.244. The van der Waals surface area contributed by atoms with Crippen molar-refractivity contribution in [3.05, 3.63) is 94.2 Å². The first kappa shape index (κ1) is 21.0. The third-order valence-corrected chi connectivity index (χ3v) is 6.87. The van der Waals surface area contributed by atoms with Crippen molar-refractivity contribution < 1.29 is 9.53 Å². The van der Waals surface area contributed by atoms with Crippen molar-refractivity contribution in [1.82, 2.24) is 9.88 Å². The maximum Gasteiger partial charge on any atom is 0.242 e. The number of hydrogen-bond donors (Lipinski definition) is 0. The van der Waals surface area contributed by atoms with E-state index in [0.717, 1.165) is 26.9 Å². The van der Waals surface area contributed by atoms with Crippen molar-refractivity contribution in [2.24, 2.45) is 0 Å². The molecule has 30 heavy (non-hydrogen) atoms. The number of carbonyl (C=O) groups excluding carboxylic acids is 1. The molecule has 152 valence electrons. The SMILES string of the molecule is O=C1[C@H](Cc2ccccc2OCc2ccc(Br)cc2)SC(=S)N1Cc1cccnc1. The lowest BCUT2D eigenvalue weighted by Crippen LogP contribution is -2.31. The van der Waals surface area contributed by atoms with Crippen LogP contribution >= 0.6 is 39.9 Å². The van der Waals surface area contributed by atoms with Crippen LogP contribution in [0.4, 0.5) is 0 Å². The molecular formula is C23H19BrN2O2S2. The fraction of sp³-hybridized carbons (Fsp3) is 0.174. The number of benzene rings is 2. The quantitative estimate of drug-likeness (QED) is 0.408. The molecule has 0 saturated carbocycles. The first-order valence-corrected chi connectivity index (χ1v) is 11.5. The summed E-state index contributed by atoms with van der Waals surface area (Å²) in [6.45, 7) is 0.929. The summed E-state index contributed by atoms with van der Waals surface area (Å²) in [4.78, 5) is 18.8. The van der Waals surface area contributed by atoms with E-state index < -0.39 is 0 Å². The summed E-state index contributed by atoms with van der Waals surface area (Å²) in [5.74, 6) is 0.835. The molecule has 2 aromatic carbocycles. The molecule has 1 amide bonds. The summed E-state index contributed by atoms with van der Waals surface area (Å²) >= 11 is 10.4. The average molecular weight is 499 g/mol. The van der Waals surface area contributed by atoms with Gasteiger partial charge in [-0.1, -0.05) is 76.3 Å². The Hall–Kier alpha value is -2.22. The molecule has 1 aromatic heterocycles. The highest BCUT2D eigenvalue weighted by Gasteiger charge is 2.37. The molecule has 0 unspecified atom stereocenters. The molecule has 0 aliphatic carbocycles. The van der Waals surface area contributed by atoms with Crippen LogP contribution < -0.4 is 4.74 Å². The zero-order valence-corrected chi connectivity index (χ0v) is 19.3. The van der Waals surface area contributed by atoms with Gasteiger partial charge in [-0.25, -0.2) is 0 Å². The molecule has 4 rings (SSSR count). The van der Waals surface area contributed by atoms with E-state index in [4.69, 9.17) is 17.0 Å². The molecule has 2 heterocycles. The third kappa shape index (κ3) is 5.09. The van der Waals surface area contributed by atoms with E-state index in [-0.39, 0.29) is 11.2 Å². The predicted octanol–water partition coefficient (Wildman–Crippen LogP) is 5.39. The third-order valence-electron chi connectivity index (χ3n) is 4.75. The van der Waals surface area contributed by atoms with Crippen LogP contribution in [0.15, 0.2) is 77.5 Å². The fourth-order valence-electron chi connectivity index (χ4n) is 3.20. The van der Waals surface area contributed by atoms with Gasteiger partial charge in [0.25, 0.3) is 0 Å². The van der Waals surface area contributed by atoms with Crippen LogP contribution in [0, 0.1) is 0 Å². The second kappa shape index (κ2) is 9.73. The van der Waals surface area contributed by atoms with Gasteiger partial charge < -0.3 is 4.74 Å². The molecule has 1 fully saturated rings. The molecule has 1 atom stereocenters. The number of nitrogens with zero attached hydrogens (tertiary/aromatic N) is 2. The van der Waals surface area contributed by atoms with E-state index in [2.05, 4.69) is 20.9 Å². The van der Waals surface area contributed by atoms with Crippen LogP contribution in [-0.2, 0) is 24.4 Å². The number of thioether (sulfide) groups is 1. The largest absolute Gasteiger partial charge is 0.489 e. The van der Waals surface area contributed by atoms with Crippen molar-refractivity contribution in [3.8, 4) is 5.75 Å². The summed E-state index contributed by atoms with van der Waals surface area (Å²) in [6.07, 6.45) is 4.05. The second-order valence-corrected chi connectivity index (χ2v) is 9.64. The number of carbonyl (C=O) groups is 1. The molecule has 1 aliphatic rings. The van der Waals surface area contributed by atoms with Gasteiger partial charge in [0.1, 0.15) is 16.7 Å². The van der Waals surface area contributed by atoms with E-state index in [1.54, 1.807) is 17.3 Å². The number of ether oxygens (including phenoxy) is 1. The summed E-state index contributed by atoms with van der Waals surface area (Å²) < 4.78 is 7.72. The van der Waals surface area contributed by atoms with Gasteiger partial charge in [0, 0.05) is 16.9 Å². The molecule has 0 radical (unpaired) electrons. The molecule has 0 bridgehead atoms. The van der Waals surface area contributed by atoms with Gasteiger partial charge in [0.15, 0.2) is 0 Å². The first-order valence-electron chi connectivity index (χ1n) is 9.46. The van der Waals surface area contributed by atoms with Gasteiger partial charge in [-0.2, -0.15) is 0 Å². The summed E-state index contributed by atoms with van der Waals surface area (Å²) in [5.41, 5.74) is 3.06. The summed E-state index contributed by atoms with van der Waals surface area (Å²) in [6, 6.07) is 19.7. The van der Waals surface area contributed by atoms with Crippen LogP contribution in [-0.4, -0.2) is 25.4 Å². The predicted molar refractivity (Wildman–Crippen MR) is 127 cm³/mol. The smallest absolute Gasteiger partial charge is 0.242 e. The van der Waals surface area contributed by atoms with Gasteiger partial charge in [-0.3, -0.25) is 14.7 Å². The number of aromatic nitrogens is 1. The fourth-order valence-corrected chi connectivity index (χ4v) is 4.98. The van der Waals surface area contributed by atoms with Crippen molar-refractivity contribution in [2.75, 3.05) is 0 Å². The number of para-hydroxylation sites is 1. The Morgan fingerprint density at radius 2 is 1.87 bits per heavy atom. The lowest BCUT2D eigenvalue weighted by Gasteiger charge is -2.16. The molecule has 7 heteroatoms. The van der Waals surface area contributed by atoms with E-state index in [9.17, 15) is 4.79 Å². The number of halogens is 1. The second-order valence-electron chi connectivity index (χ2n) is 6.89. The molecule has 3 aromatic rings. The standard InChI is InChI=1S/C23H19BrN2O2S2/c24-19-9-7-16(8-10-19)15-28-20-6-2-1-5-18(20)12-21-22(27)26(23(29)30-21)14-17-4-3-11-25-13-17/h1-11,13,21H,12,14-15H2/t21-/m0/s1. The minimum absolute atomic E-state index is 0.0385. The van der Waals surface area contributed by atoms with Crippen molar-refractivity contribution in [3.63, 3.8) is 0 Å². The lowest BCUT2D eigenvalue weighted by atomic mass is 10.1. The topological polar surface area (TPSA) is 42.4 Å². The number of thiocarbonyl (C=S) groups is 1. The van der Waals surface area contributed by atoms with Gasteiger partial charge in [0.05, 0.1) is 11.8 Å². The number of rotatable bonds is 7. The normalized spacial score (nSPS) is 16.2. The zero-order valence-electron chi connectivity index (χ0n) is 16.0. The Bertz CT molecular complexity index is 1040. The van der Waals surface area contributed by atoms with Gasteiger partial charge in [-0.15, -0.1) is 0 Å². The van der Waals surface area contributed by atoms with E-state index in [0.29, 0.717) is 23.9 Å². The monoisotopic (exact) mass is 498 g/mol. The van der Waals surface area contributed by atoms with E-state index >= 15 is 0 Å². The Morgan fingerprint density at radius 1 is 1.07 bits per heavy atom. The Balaban J connectivity index is 1.43. The number of pyridine rings is 1. The van der Waals surface area contributed by atoms with Gasteiger partial charge in [0.2, 0.25) is 5.91 Å². The zero-order chi connectivity index (χ0) is 20.9.